The molecule has 0 amide bonds. The Labute approximate surface area is 314 Å². The quantitative estimate of drug-likeness (QED) is 0.137. The van der Waals surface area contributed by atoms with E-state index in [0.717, 1.165) is 79.7 Å². The molecule has 1 aromatic heterocycles. The molecule has 2 fully saturated rings. The molecule has 52 heavy (non-hydrogen) atoms. The second kappa shape index (κ2) is 16.8. The second-order valence-electron chi connectivity index (χ2n) is 13.9. The number of aliphatic hydroxyl groups excluding tert-OH is 1. The summed E-state index contributed by atoms with van der Waals surface area (Å²) in [6.07, 6.45) is 6.35. The molecule has 0 saturated carbocycles. The van der Waals surface area contributed by atoms with Crippen molar-refractivity contribution >= 4 is 23.2 Å². The highest BCUT2D eigenvalue weighted by Crippen LogP contribution is 2.45. The summed E-state index contributed by atoms with van der Waals surface area (Å²) in [5, 5.41) is 20.5. The summed E-state index contributed by atoms with van der Waals surface area (Å²) in [5.74, 6) is 1.81. The summed E-state index contributed by atoms with van der Waals surface area (Å²) in [4.78, 5) is 8.65. The molecule has 272 valence electrons. The Morgan fingerprint density at radius 1 is 0.904 bits per heavy atom. The minimum atomic E-state index is -0.668. The summed E-state index contributed by atoms with van der Waals surface area (Å²) >= 11 is 13.9. The third-order valence-electron chi connectivity index (χ3n) is 10.2. The highest BCUT2D eigenvalue weighted by molar-refractivity contribution is 6.35. The van der Waals surface area contributed by atoms with E-state index in [2.05, 4.69) is 33.0 Å². The molecule has 3 heterocycles. The average molecular weight is 746 g/mol. The smallest absolute Gasteiger partial charge is 0.142 e. The van der Waals surface area contributed by atoms with Gasteiger partial charge in [-0.1, -0.05) is 53.5 Å². The number of alkyl halides is 1. The maximum atomic E-state index is 13.5. The molecule has 1 aliphatic carbocycles. The van der Waals surface area contributed by atoms with Gasteiger partial charge in [0.1, 0.15) is 42.2 Å². The van der Waals surface area contributed by atoms with E-state index in [-0.39, 0.29) is 18.8 Å². The summed E-state index contributed by atoms with van der Waals surface area (Å²) in [6, 6.07) is 19.8. The van der Waals surface area contributed by atoms with Gasteiger partial charge >= 0.3 is 0 Å². The molecule has 0 bridgehead atoms. The number of nitrogens with zero attached hydrogens (tertiary/aromatic N) is 4. The second-order valence-corrected chi connectivity index (χ2v) is 14.7. The first-order valence-electron chi connectivity index (χ1n) is 18.1. The van der Waals surface area contributed by atoms with E-state index in [1.165, 1.54) is 11.8 Å². The van der Waals surface area contributed by atoms with Crippen molar-refractivity contribution in [2.24, 2.45) is 0 Å². The zero-order valence-corrected chi connectivity index (χ0v) is 30.6. The number of likely N-dealkylation sites (tertiary alicyclic amines) is 2. The molecule has 3 aliphatic rings. The molecule has 0 unspecified atom stereocenters. The SMILES string of the molecule is N#Cc1cncc(COc2cc(O[C@H]3CCc4c(-c5cccc(OCCCN6CCC(F)CC6)c5Cl)cccc43)c(Cl)cc2CN2CC[C@@H](O)C2)c1. The Morgan fingerprint density at radius 2 is 1.71 bits per heavy atom. The van der Waals surface area contributed by atoms with Gasteiger partial charge in [0.25, 0.3) is 0 Å². The fourth-order valence-corrected chi connectivity index (χ4v) is 7.99. The summed E-state index contributed by atoms with van der Waals surface area (Å²) in [5.41, 5.74) is 6.38. The number of β-amino-alcohol motifs (C(OH)–C–C–N with tert-alkyl or cyclic N) is 1. The van der Waals surface area contributed by atoms with Gasteiger partial charge in [0.15, 0.2) is 0 Å². The molecule has 3 aromatic carbocycles. The molecule has 7 rings (SSSR count). The van der Waals surface area contributed by atoms with Crippen LogP contribution in [0.25, 0.3) is 11.1 Å². The fraction of sp³-hybridized carbons (Fsp3) is 0.415. The number of hydrogen-bond acceptors (Lipinski definition) is 8. The molecule has 2 saturated heterocycles. The number of piperidine rings is 1. The van der Waals surface area contributed by atoms with Gasteiger partial charge in [-0.25, -0.2) is 4.39 Å². The Kier molecular flexibility index (Phi) is 11.8. The van der Waals surface area contributed by atoms with E-state index < -0.39 is 6.17 Å². The van der Waals surface area contributed by atoms with Crippen molar-refractivity contribution in [1.29, 1.82) is 5.26 Å². The topological polar surface area (TPSA) is 91.1 Å². The van der Waals surface area contributed by atoms with Crippen LogP contribution in [0.1, 0.15) is 66.0 Å². The van der Waals surface area contributed by atoms with Gasteiger partial charge in [-0.2, -0.15) is 5.26 Å². The minimum Gasteiger partial charge on any atom is -0.492 e. The fourth-order valence-electron chi connectivity index (χ4n) is 7.48. The number of rotatable bonds is 13. The number of fused-ring (bicyclic) bond motifs is 1. The van der Waals surface area contributed by atoms with Crippen LogP contribution < -0.4 is 14.2 Å². The van der Waals surface area contributed by atoms with E-state index in [1.54, 1.807) is 12.3 Å². The molecule has 4 aromatic rings. The predicted octanol–water partition coefficient (Wildman–Crippen LogP) is 8.34. The monoisotopic (exact) mass is 744 g/mol. The van der Waals surface area contributed by atoms with E-state index in [9.17, 15) is 14.8 Å². The van der Waals surface area contributed by atoms with Crippen molar-refractivity contribution in [3.05, 3.63) is 105 Å². The van der Waals surface area contributed by atoms with Gasteiger partial charge in [-0.05, 0) is 73.4 Å². The van der Waals surface area contributed by atoms with Crippen LogP contribution in [0, 0.1) is 11.3 Å². The van der Waals surface area contributed by atoms with Crippen LogP contribution in [0.4, 0.5) is 4.39 Å². The number of aliphatic hydroxyl groups is 1. The van der Waals surface area contributed by atoms with E-state index in [0.29, 0.717) is 65.4 Å². The van der Waals surface area contributed by atoms with Crippen LogP contribution in [-0.4, -0.2) is 71.5 Å². The summed E-state index contributed by atoms with van der Waals surface area (Å²) in [7, 11) is 0. The van der Waals surface area contributed by atoms with Crippen molar-refractivity contribution in [3.63, 3.8) is 0 Å². The number of aromatic nitrogens is 1. The average Bonchev–Trinajstić information content (AvgIpc) is 3.77. The maximum Gasteiger partial charge on any atom is 0.142 e. The molecule has 1 N–H and O–H groups in total. The van der Waals surface area contributed by atoms with E-state index in [4.69, 9.17) is 37.4 Å². The Balaban J connectivity index is 1.07. The van der Waals surface area contributed by atoms with Crippen molar-refractivity contribution in [3.8, 4) is 34.4 Å². The van der Waals surface area contributed by atoms with Crippen LogP contribution in [-0.2, 0) is 19.6 Å². The van der Waals surface area contributed by atoms with Crippen molar-refractivity contribution in [1.82, 2.24) is 14.8 Å². The number of hydrogen-bond donors (Lipinski definition) is 1. The molecule has 11 heteroatoms. The lowest BCUT2D eigenvalue weighted by molar-refractivity contribution is 0.143. The first kappa shape index (κ1) is 36.4. The summed E-state index contributed by atoms with van der Waals surface area (Å²) in [6.45, 7) is 5.19. The van der Waals surface area contributed by atoms with E-state index in [1.807, 2.05) is 36.4 Å². The van der Waals surface area contributed by atoms with Crippen LogP contribution in [0.3, 0.4) is 0 Å². The third-order valence-corrected chi connectivity index (χ3v) is 10.9. The standard InChI is InChI=1S/C41H43Cl2FN4O4/c42-36-19-29(24-48-16-12-31(49)25-48)39(51-26-28-18-27(21-45)22-46-23-28)20-40(36)52-37-9-8-33-32(4-1-5-34(33)37)35-6-2-7-38(41(35)43)50-17-3-13-47-14-10-30(44)11-15-47/h1-2,4-7,18-20,22-23,30-31,37,49H,3,8-17,24-26H2/t31-,37+/m1/s1. The molecule has 0 spiro atoms. The highest BCUT2D eigenvalue weighted by atomic mass is 35.5. The highest BCUT2D eigenvalue weighted by Gasteiger charge is 2.29. The van der Waals surface area contributed by atoms with Gasteiger partial charge in [0.2, 0.25) is 0 Å². The largest absolute Gasteiger partial charge is 0.492 e. The Hall–Kier alpha value is -3.91. The van der Waals surface area contributed by atoms with Crippen molar-refractivity contribution < 1.29 is 23.7 Å². The molecule has 2 atom stereocenters. The van der Waals surface area contributed by atoms with Crippen LogP contribution in [0.2, 0.25) is 10.0 Å². The summed E-state index contributed by atoms with van der Waals surface area (Å²) < 4.78 is 32.7. The van der Waals surface area contributed by atoms with Crippen LogP contribution in [0.5, 0.6) is 17.2 Å². The Bertz CT molecular complexity index is 1910. The van der Waals surface area contributed by atoms with Crippen molar-refractivity contribution in [2.45, 2.75) is 70.1 Å². The lowest BCUT2D eigenvalue weighted by atomic mass is 9.96. The third kappa shape index (κ3) is 8.65. The molecular weight excluding hydrogens is 702 g/mol. The van der Waals surface area contributed by atoms with Crippen LogP contribution in [0.15, 0.2) is 67.0 Å². The first-order chi connectivity index (χ1) is 25.3. The molecular formula is C41H43Cl2FN4O4. The van der Waals surface area contributed by atoms with E-state index >= 15 is 0 Å². The maximum absolute atomic E-state index is 13.5. The first-order valence-corrected chi connectivity index (χ1v) is 18.9. The van der Waals surface area contributed by atoms with Gasteiger partial charge < -0.3 is 24.2 Å². The Morgan fingerprint density at radius 3 is 2.52 bits per heavy atom. The predicted molar refractivity (Wildman–Crippen MR) is 200 cm³/mol. The van der Waals surface area contributed by atoms with Gasteiger partial charge in [0, 0.05) is 74.4 Å². The van der Waals surface area contributed by atoms with Gasteiger partial charge in [-0.15, -0.1) is 0 Å². The van der Waals surface area contributed by atoms with Gasteiger partial charge in [-0.3, -0.25) is 9.88 Å². The minimum absolute atomic E-state index is 0.220. The molecule has 0 radical (unpaired) electrons. The number of ether oxygens (including phenoxy) is 3. The van der Waals surface area contributed by atoms with Gasteiger partial charge in [0.05, 0.1) is 28.3 Å². The normalized spacial score (nSPS) is 19.4. The zero-order valence-electron chi connectivity index (χ0n) is 29.1. The molecule has 8 nitrogen and oxygen atoms in total. The lowest BCUT2D eigenvalue weighted by Gasteiger charge is -2.28. The van der Waals surface area contributed by atoms with Crippen LogP contribution >= 0.6 is 23.2 Å². The zero-order chi connectivity index (χ0) is 36.0. The number of nitriles is 1. The van der Waals surface area contributed by atoms with Crippen molar-refractivity contribution in [2.75, 3.05) is 39.3 Å². The molecule has 2 aliphatic heterocycles. The number of benzene rings is 3. The lowest BCUT2D eigenvalue weighted by Crippen LogP contribution is -2.35. The number of halogens is 3. The number of pyridine rings is 1.